The molecule has 1 fully saturated rings. The monoisotopic (exact) mass is 308 g/mol. The fraction of sp³-hybridized carbons (Fsp3) is 0.706. The molecule has 0 aliphatic heterocycles. The Morgan fingerprint density at radius 1 is 1.29 bits per heavy atom. The van der Waals surface area contributed by atoms with Gasteiger partial charge < -0.3 is 10.6 Å². The van der Waals surface area contributed by atoms with Crippen molar-refractivity contribution in [2.75, 3.05) is 23.7 Å². The normalized spacial score (nSPS) is 14.7. The van der Waals surface area contributed by atoms with Crippen molar-refractivity contribution in [3.8, 4) is 0 Å². The van der Waals surface area contributed by atoms with Gasteiger partial charge in [0.15, 0.2) is 5.78 Å². The van der Waals surface area contributed by atoms with E-state index in [4.69, 9.17) is 5.73 Å². The van der Waals surface area contributed by atoms with E-state index in [-0.39, 0.29) is 11.7 Å². The molecule has 0 saturated heterocycles. The van der Waals surface area contributed by atoms with E-state index in [0.717, 1.165) is 36.5 Å². The minimum atomic E-state index is 0.0108. The van der Waals surface area contributed by atoms with Crippen LogP contribution in [0.2, 0.25) is 0 Å². The summed E-state index contributed by atoms with van der Waals surface area (Å²) in [4.78, 5) is 15.7. The van der Waals surface area contributed by atoms with Crippen LogP contribution in [0.25, 0.3) is 0 Å². The highest BCUT2D eigenvalue weighted by Gasteiger charge is 2.34. The second-order valence-electron chi connectivity index (χ2n) is 6.34. The summed E-state index contributed by atoms with van der Waals surface area (Å²) in [5.74, 6) is 0.788. The molecule has 1 aliphatic rings. The predicted octanol–water partition coefficient (Wildman–Crippen LogP) is 4.67. The fourth-order valence-corrected chi connectivity index (χ4v) is 4.19. The first kappa shape index (κ1) is 16.3. The molecule has 1 saturated carbocycles. The zero-order valence-corrected chi connectivity index (χ0v) is 14.6. The van der Waals surface area contributed by atoms with Crippen LogP contribution in [0.15, 0.2) is 0 Å². The molecule has 0 amide bonds. The van der Waals surface area contributed by atoms with Crippen molar-refractivity contribution in [1.82, 2.24) is 0 Å². The summed E-state index contributed by atoms with van der Waals surface area (Å²) in [5, 5.41) is 1.27. The van der Waals surface area contributed by atoms with Crippen molar-refractivity contribution in [2.45, 2.75) is 59.3 Å². The van der Waals surface area contributed by atoms with Crippen LogP contribution in [-0.4, -0.2) is 18.9 Å². The molecule has 0 aromatic carbocycles. The van der Waals surface area contributed by atoms with Crippen LogP contribution in [0.1, 0.15) is 74.5 Å². The highest BCUT2D eigenvalue weighted by atomic mass is 32.1. The third-order valence-corrected chi connectivity index (χ3v) is 5.27. The van der Waals surface area contributed by atoms with E-state index in [1.807, 2.05) is 13.8 Å². The molecule has 0 radical (unpaired) electrons. The van der Waals surface area contributed by atoms with Gasteiger partial charge in [-0.2, -0.15) is 0 Å². The van der Waals surface area contributed by atoms with Crippen LogP contribution >= 0.6 is 11.3 Å². The number of thiophene rings is 1. The van der Waals surface area contributed by atoms with Crippen molar-refractivity contribution < 1.29 is 4.79 Å². The van der Waals surface area contributed by atoms with Crippen molar-refractivity contribution in [3.05, 3.63) is 10.4 Å². The zero-order valence-electron chi connectivity index (χ0n) is 13.7. The molecule has 2 N–H and O–H groups in total. The maximum absolute atomic E-state index is 12.4. The average Bonchev–Trinajstić information content (AvgIpc) is 3.21. The van der Waals surface area contributed by atoms with Gasteiger partial charge in [0, 0.05) is 24.6 Å². The molecule has 0 spiro atoms. The molecule has 2 rings (SSSR count). The van der Waals surface area contributed by atoms with Gasteiger partial charge in [-0.3, -0.25) is 4.79 Å². The quantitative estimate of drug-likeness (QED) is 0.710. The number of carbonyl (C=O) groups is 1. The van der Waals surface area contributed by atoms with Crippen LogP contribution in [0.4, 0.5) is 10.7 Å². The van der Waals surface area contributed by atoms with Crippen molar-refractivity contribution in [1.29, 1.82) is 0 Å². The molecule has 21 heavy (non-hydrogen) atoms. The van der Waals surface area contributed by atoms with Gasteiger partial charge in [-0.25, -0.2) is 0 Å². The smallest absolute Gasteiger partial charge is 0.177 e. The third kappa shape index (κ3) is 3.42. The number of nitrogen functional groups attached to an aromatic ring is 1. The number of hydrogen-bond acceptors (Lipinski definition) is 4. The van der Waals surface area contributed by atoms with E-state index >= 15 is 0 Å². The molecule has 1 aromatic rings. The Morgan fingerprint density at radius 3 is 2.29 bits per heavy atom. The zero-order chi connectivity index (χ0) is 15.6. The summed E-state index contributed by atoms with van der Waals surface area (Å²) in [5.41, 5.74) is 8.42. The lowest BCUT2D eigenvalue weighted by Crippen LogP contribution is -2.24. The Labute approximate surface area is 132 Å². The number of hydrogen-bond donors (Lipinski definition) is 1. The lowest BCUT2D eigenvalue weighted by Gasteiger charge is -2.23. The Kier molecular flexibility index (Phi) is 5.31. The molecule has 0 bridgehead atoms. The molecule has 4 heteroatoms. The number of Topliss-reactive ketones (excluding diaryl/α,β-unsaturated/α-hetero) is 1. The molecule has 118 valence electrons. The highest BCUT2D eigenvalue weighted by molar-refractivity contribution is 7.19. The molecule has 1 aromatic heterocycles. The number of anilines is 2. The molecule has 1 aliphatic carbocycles. The average molecular weight is 308 g/mol. The summed E-state index contributed by atoms with van der Waals surface area (Å²) in [7, 11) is 0. The second-order valence-corrected chi connectivity index (χ2v) is 7.34. The lowest BCUT2D eigenvalue weighted by molar-refractivity contribution is 0.0944. The Morgan fingerprint density at radius 2 is 1.86 bits per heavy atom. The third-order valence-electron chi connectivity index (χ3n) is 3.97. The van der Waals surface area contributed by atoms with Gasteiger partial charge >= 0.3 is 0 Å². The van der Waals surface area contributed by atoms with Gasteiger partial charge in [0.05, 0.1) is 15.6 Å². The molecule has 0 atom stereocenters. The number of rotatable bonds is 8. The van der Waals surface area contributed by atoms with Crippen LogP contribution in [0.3, 0.4) is 0 Å². The van der Waals surface area contributed by atoms with E-state index < -0.39 is 0 Å². The summed E-state index contributed by atoms with van der Waals surface area (Å²) in [6.45, 7) is 10.4. The minimum absolute atomic E-state index is 0.0108. The first-order chi connectivity index (χ1) is 10.0. The summed E-state index contributed by atoms with van der Waals surface area (Å²) < 4.78 is 0. The van der Waals surface area contributed by atoms with Gasteiger partial charge in [0.25, 0.3) is 0 Å². The number of carbonyl (C=O) groups excluding carboxylic acids is 1. The molecule has 1 heterocycles. The molecule has 0 unspecified atom stereocenters. The van der Waals surface area contributed by atoms with Crippen LogP contribution in [0, 0.1) is 5.92 Å². The van der Waals surface area contributed by atoms with E-state index in [0.29, 0.717) is 5.92 Å². The van der Waals surface area contributed by atoms with E-state index in [9.17, 15) is 4.79 Å². The van der Waals surface area contributed by atoms with E-state index in [1.54, 1.807) is 11.3 Å². The maximum atomic E-state index is 12.4. The van der Waals surface area contributed by atoms with Crippen LogP contribution < -0.4 is 10.6 Å². The van der Waals surface area contributed by atoms with Crippen molar-refractivity contribution in [3.63, 3.8) is 0 Å². The number of ketones is 1. The second kappa shape index (κ2) is 6.82. The first-order valence-electron chi connectivity index (χ1n) is 8.22. The molecular weight excluding hydrogens is 280 g/mol. The maximum Gasteiger partial charge on any atom is 0.177 e. The van der Waals surface area contributed by atoms with Crippen molar-refractivity contribution in [2.24, 2.45) is 5.92 Å². The first-order valence-corrected chi connectivity index (χ1v) is 9.04. The largest absolute Gasteiger partial charge is 0.397 e. The number of nitrogens with two attached hydrogens (primary N) is 1. The fourth-order valence-electron chi connectivity index (χ4n) is 2.75. The standard InChI is InChI=1S/C17H28N2OS/c1-5-9-19(10-6-2)17-13(12-7-8-12)14(18)16(21-17)15(20)11(3)4/h11-12H,5-10,18H2,1-4H3. The van der Waals surface area contributed by atoms with E-state index in [2.05, 4.69) is 18.7 Å². The highest BCUT2D eigenvalue weighted by Crippen LogP contribution is 2.52. The Hall–Kier alpha value is -1.03. The van der Waals surface area contributed by atoms with Gasteiger partial charge in [-0.1, -0.05) is 27.7 Å². The Balaban J connectivity index is 2.43. The van der Waals surface area contributed by atoms with Gasteiger partial charge in [0.1, 0.15) is 0 Å². The SMILES string of the molecule is CCCN(CCC)c1sc(C(=O)C(C)C)c(N)c1C1CC1. The molecular formula is C17H28N2OS. The van der Waals surface area contributed by atoms with Crippen LogP contribution in [0.5, 0.6) is 0 Å². The summed E-state index contributed by atoms with van der Waals surface area (Å²) in [6.07, 6.45) is 4.68. The topological polar surface area (TPSA) is 46.3 Å². The van der Waals surface area contributed by atoms with Gasteiger partial charge in [0.2, 0.25) is 0 Å². The summed E-state index contributed by atoms with van der Waals surface area (Å²) in [6, 6.07) is 0. The minimum Gasteiger partial charge on any atom is -0.397 e. The van der Waals surface area contributed by atoms with Gasteiger partial charge in [-0.05, 0) is 31.6 Å². The van der Waals surface area contributed by atoms with Crippen molar-refractivity contribution >= 4 is 27.8 Å². The molecule has 3 nitrogen and oxygen atoms in total. The Bertz CT molecular complexity index is 497. The van der Waals surface area contributed by atoms with Crippen LogP contribution in [-0.2, 0) is 0 Å². The number of nitrogens with zero attached hydrogens (tertiary/aromatic N) is 1. The summed E-state index contributed by atoms with van der Waals surface area (Å²) >= 11 is 1.63. The van der Waals surface area contributed by atoms with E-state index in [1.165, 1.54) is 23.4 Å². The van der Waals surface area contributed by atoms with Gasteiger partial charge in [-0.15, -0.1) is 11.3 Å². The lowest BCUT2D eigenvalue weighted by atomic mass is 10.0. The predicted molar refractivity (Wildman–Crippen MR) is 92.7 cm³/mol.